The average Bonchev–Trinajstić information content (AvgIpc) is 2.67. The van der Waals surface area contributed by atoms with Gasteiger partial charge in [-0.25, -0.2) is 0 Å². The number of halogens is 1. The monoisotopic (exact) mass is 210 g/mol. The van der Waals surface area contributed by atoms with E-state index in [0.717, 1.165) is 24.7 Å². The second kappa shape index (κ2) is 4.78. The molecule has 1 heterocycles. The average molecular weight is 211 g/mol. The molecule has 1 fully saturated rings. The van der Waals surface area contributed by atoms with E-state index < -0.39 is 0 Å². The first-order valence-corrected chi connectivity index (χ1v) is 5.41. The van der Waals surface area contributed by atoms with Gasteiger partial charge in [0, 0.05) is 24.2 Å². The van der Waals surface area contributed by atoms with E-state index in [4.69, 9.17) is 11.6 Å². The van der Waals surface area contributed by atoms with Gasteiger partial charge in [0.2, 0.25) is 0 Å². The first kappa shape index (κ1) is 9.97. The van der Waals surface area contributed by atoms with Crippen LogP contribution in [0.15, 0.2) is 24.3 Å². The lowest BCUT2D eigenvalue weighted by Crippen LogP contribution is -2.30. The number of benzene rings is 1. The van der Waals surface area contributed by atoms with Gasteiger partial charge >= 0.3 is 0 Å². The zero-order valence-corrected chi connectivity index (χ0v) is 8.85. The number of rotatable bonds is 3. The fraction of sp³-hybridized carbons (Fsp3) is 0.455. The molecule has 1 atom stereocenters. The minimum absolute atomic E-state index is 0.619. The molecule has 1 saturated heterocycles. The molecule has 3 heteroatoms. The van der Waals surface area contributed by atoms with Gasteiger partial charge in [-0.1, -0.05) is 23.7 Å². The smallest absolute Gasteiger partial charge is 0.0409 e. The van der Waals surface area contributed by atoms with E-state index in [1.54, 1.807) is 0 Å². The molecule has 76 valence electrons. The highest BCUT2D eigenvalue weighted by molar-refractivity contribution is 6.30. The van der Waals surface area contributed by atoms with E-state index in [1.807, 2.05) is 18.2 Å². The fourth-order valence-corrected chi connectivity index (χ4v) is 1.95. The summed E-state index contributed by atoms with van der Waals surface area (Å²) in [5, 5.41) is 7.65. The van der Waals surface area contributed by atoms with Gasteiger partial charge in [-0.2, -0.15) is 0 Å². The number of hydrogen-bond donors (Lipinski definition) is 2. The van der Waals surface area contributed by atoms with E-state index in [9.17, 15) is 0 Å². The molecule has 2 N–H and O–H groups in total. The van der Waals surface area contributed by atoms with E-state index >= 15 is 0 Å². The first-order valence-electron chi connectivity index (χ1n) is 5.03. The van der Waals surface area contributed by atoms with Gasteiger partial charge in [0.25, 0.3) is 0 Å². The van der Waals surface area contributed by atoms with Gasteiger partial charge in [0.1, 0.15) is 0 Å². The topological polar surface area (TPSA) is 24.1 Å². The van der Waals surface area contributed by atoms with Crippen molar-refractivity contribution in [2.45, 2.75) is 19.0 Å². The Hall–Kier alpha value is -0.570. The molecule has 2 nitrogen and oxygen atoms in total. The Labute approximate surface area is 89.7 Å². The molecule has 1 unspecified atom stereocenters. The molecule has 14 heavy (non-hydrogen) atoms. The summed E-state index contributed by atoms with van der Waals surface area (Å²) < 4.78 is 0. The van der Waals surface area contributed by atoms with Crippen molar-refractivity contribution in [3.05, 3.63) is 34.9 Å². The molecule has 0 bridgehead atoms. The lowest BCUT2D eigenvalue weighted by molar-refractivity contribution is 0.547. The Morgan fingerprint density at radius 1 is 1.50 bits per heavy atom. The zero-order valence-electron chi connectivity index (χ0n) is 8.09. The van der Waals surface area contributed by atoms with Crippen LogP contribution >= 0.6 is 11.6 Å². The van der Waals surface area contributed by atoms with Crippen molar-refractivity contribution in [2.24, 2.45) is 0 Å². The minimum Gasteiger partial charge on any atom is -0.315 e. The van der Waals surface area contributed by atoms with Crippen molar-refractivity contribution >= 4 is 11.6 Å². The molecule has 0 amide bonds. The third-order valence-corrected chi connectivity index (χ3v) is 2.78. The minimum atomic E-state index is 0.619. The van der Waals surface area contributed by atoms with Gasteiger partial charge in [-0.3, -0.25) is 0 Å². The second-order valence-electron chi connectivity index (χ2n) is 3.70. The van der Waals surface area contributed by atoms with Crippen LogP contribution in [0.1, 0.15) is 12.0 Å². The second-order valence-corrected chi connectivity index (χ2v) is 4.14. The molecule has 1 aromatic rings. The van der Waals surface area contributed by atoms with E-state index in [0.29, 0.717) is 6.04 Å². The summed E-state index contributed by atoms with van der Waals surface area (Å²) in [6.07, 6.45) is 1.22. The molecule has 0 radical (unpaired) electrons. The van der Waals surface area contributed by atoms with E-state index in [1.165, 1.54) is 12.0 Å². The maximum Gasteiger partial charge on any atom is 0.0409 e. The summed E-state index contributed by atoms with van der Waals surface area (Å²) >= 11 is 5.90. The third-order valence-electron chi connectivity index (χ3n) is 2.54. The van der Waals surface area contributed by atoms with Crippen LogP contribution in [0.2, 0.25) is 5.02 Å². The van der Waals surface area contributed by atoms with Gasteiger partial charge in [-0.15, -0.1) is 0 Å². The summed E-state index contributed by atoms with van der Waals surface area (Å²) in [4.78, 5) is 0. The van der Waals surface area contributed by atoms with Crippen LogP contribution < -0.4 is 10.6 Å². The van der Waals surface area contributed by atoms with Crippen molar-refractivity contribution in [3.63, 3.8) is 0 Å². The third kappa shape index (κ3) is 2.71. The number of hydrogen-bond acceptors (Lipinski definition) is 2. The summed E-state index contributed by atoms with van der Waals surface area (Å²) in [6, 6.07) is 8.63. The molecule has 2 rings (SSSR count). The summed E-state index contributed by atoms with van der Waals surface area (Å²) in [6.45, 7) is 3.13. The Bertz CT molecular complexity index is 295. The first-order chi connectivity index (χ1) is 6.84. The summed E-state index contributed by atoms with van der Waals surface area (Å²) in [7, 11) is 0. The Morgan fingerprint density at radius 2 is 2.43 bits per heavy atom. The van der Waals surface area contributed by atoms with Crippen LogP contribution in [0.25, 0.3) is 0 Å². The molecule has 1 aliphatic heterocycles. The normalized spacial score (nSPS) is 21.4. The van der Waals surface area contributed by atoms with Crippen LogP contribution in [-0.4, -0.2) is 19.1 Å². The highest BCUT2D eigenvalue weighted by atomic mass is 35.5. The molecule has 0 aromatic heterocycles. The van der Waals surface area contributed by atoms with Crippen molar-refractivity contribution < 1.29 is 0 Å². The quantitative estimate of drug-likeness (QED) is 0.795. The predicted octanol–water partition coefficient (Wildman–Crippen LogP) is 1.79. The Balaban J connectivity index is 1.85. The highest BCUT2D eigenvalue weighted by Gasteiger charge is 2.12. The van der Waals surface area contributed by atoms with Gasteiger partial charge in [0.05, 0.1) is 0 Å². The standard InChI is InChI=1S/C11H15ClN2/c12-10-3-1-2-9(6-10)7-14-11-4-5-13-8-11/h1-3,6,11,13-14H,4-5,7-8H2. The lowest BCUT2D eigenvalue weighted by Gasteiger charge is -2.10. The Kier molecular flexibility index (Phi) is 3.40. The summed E-state index contributed by atoms with van der Waals surface area (Å²) in [5.74, 6) is 0. The van der Waals surface area contributed by atoms with E-state index in [-0.39, 0.29) is 0 Å². The van der Waals surface area contributed by atoms with Crippen molar-refractivity contribution in [1.29, 1.82) is 0 Å². The van der Waals surface area contributed by atoms with Crippen molar-refractivity contribution in [3.8, 4) is 0 Å². The van der Waals surface area contributed by atoms with E-state index in [2.05, 4.69) is 16.7 Å². The van der Waals surface area contributed by atoms with Gasteiger partial charge in [0.15, 0.2) is 0 Å². The zero-order chi connectivity index (χ0) is 9.80. The molecule has 1 aliphatic rings. The lowest BCUT2D eigenvalue weighted by atomic mass is 10.2. The van der Waals surface area contributed by atoms with Crippen LogP contribution in [0, 0.1) is 0 Å². The molecule has 0 aliphatic carbocycles. The SMILES string of the molecule is Clc1cccc(CNC2CCNC2)c1. The van der Waals surface area contributed by atoms with Crippen LogP contribution in [0.4, 0.5) is 0 Å². The van der Waals surface area contributed by atoms with Crippen LogP contribution in [-0.2, 0) is 6.54 Å². The molecule has 0 spiro atoms. The number of nitrogens with one attached hydrogen (secondary N) is 2. The molecule has 1 aromatic carbocycles. The molecule has 0 saturated carbocycles. The van der Waals surface area contributed by atoms with Crippen LogP contribution in [0.5, 0.6) is 0 Å². The fourth-order valence-electron chi connectivity index (χ4n) is 1.74. The van der Waals surface area contributed by atoms with Crippen LogP contribution in [0.3, 0.4) is 0 Å². The molecular formula is C11H15ClN2. The largest absolute Gasteiger partial charge is 0.315 e. The van der Waals surface area contributed by atoms with Crippen molar-refractivity contribution in [2.75, 3.05) is 13.1 Å². The predicted molar refractivity (Wildman–Crippen MR) is 59.6 cm³/mol. The maximum absolute atomic E-state index is 5.90. The van der Waals surface area contributed by atoms with Crippen molar-refractivity contribution in [1.82, 2.24) is 10.6 Å². The van der Waals surface area contributed by atoms with Gasteiger partial charge in [-0.05, 0) is 30.7 Å². The highest BCUT2D eigenvalue weighted by Crippen LogP contribution is 2.10. The van der Waals surface area contributed by atoms with Gasteiger partial charge < -0.3 is 10.6 Å². The maximum atomic E-state index is 5.90. The molecular weight excluding hydrogens is 196 g/mol. The summed E-state index contributed by atoms with van der Waals surface area (Å²) in [5.41, 5.74) is 1.25. The Morgan fingerprint density at radius 3 is 3.14 bits per heavy atom.